The highest BCUT2D eigenvalue weighted by atomic mass is 35.5. The number of alkyl halides is 1. The van der Waals surface area contributed by atoms with Crippen LogP contribution in [0.5, 0.6) is 5.75 Å². The van der Waals surface area contributed by atoms with E-state index in [9.17, 15) is 22.7 Å². The summed E-state index contributed by atoms with van der Waals surface area (Å²) in [6.07, 6.45) is 3.83. The summed E-state index contributed by atoms with van der Waals surface area (Å²) in [6.45, 7) is 2.63. The standard InChI is InChI=1S/C26H26Cl2FNO5S/c1-25(2)9-8-18-12-22(6-7-23(18)35-25)36(33,34)30(15-24(31)32)16-26(28)13-19(11-21(29)14-26)17-4-3-5-20(27)10-17/h3-7,10-12,14H,8-9,13,15-16H2,1-2H3,(H,31,32). The number of allylic oxidation sites excluding steroid dienone is 3. The van der Waals surface area contributed by atoms with Gasteiger partial charge in [-0.05, 0) is 92.3 Å². The molecular weight excluding hydrogens is 528 g/mol. The Morgan fingerprint density at radius 1 is 1.22 bits per heavy atom. The Kier molecular flexibility index (Phi) is 7.27. The number of carbonyl (C=O) groups is 1. The largest absolute Gasteiger partial charge is 0.488 e. The normalized spacial score (nSPS) is 21.3. The van der Waals surface area contributed by atoms with E-state index in [0.717, 1.165) is 15.9 Å². The third kappa shape index (κ3) is 5.94. The number of rotatable bonds is 7. The summed E-state index contributed by atoms with van der Waals surface area (Å²) in [7, 11) is -4.28. The summed E-state index contributed by atoms with van der Waals surface area (Å²) in [5.74, 6) is -1.41. The van der Waals surface area contributed by atoms with Crippen molar-refractivity contribution >= 4 is 44.8 Å². The maximum Gasteiger partial charge on any atom is 0.318 e. The molecule has 0 spiro atoms. The third-order valence-electron chi connectivity index (χ3n) is 6.19. The van der Waals surface area contributed by atoms with E-state index in [4.69, 9.17) is 27.9 Å². The summed E-state index contributed by atoms with van der Waals surface area (Å²) >= 11 is 12.8. The highest BCUT2D eigenvalue weighted by Gasteiger charge is 2.39. The van der Waals surface area contributed by atoms with E-state index in [1.54, 1.807) is 30.3 Å². The van der Waals surface area contributed by atoms with Crippen molar-refractivity contribution in [3.8, 4) is 5.75 Å². The number of fused-ring (bicyclic) bond motifs is 1. The average molecular weight is 554 g/mol. The van der Waals surface area contributed by atoms with Gasteiger partial charge in [-0.3, -0.25) is 4.79 Å². The van der Waals surface area contributed by atoms with Crippen LogP contribution in [0.3, 0.4) is 0 Å². The molecule has 0 saturated carbocycles. The van der Waals surface area contributed by atoms with Crippen LogP contribution in [0, 0.1) is 0 Å². The summed E-state index contributed by atoms with van der Waals surface area (Å²) in [4.78, 5) is 10.1. The fourth-order valence-electron chi connectivity index (χ4n) is 4.46. The highest BCUT2D eigenvalue weighted by Crippen LogP contribution is 2.40. The highest BCUT2D eigenvalue weighted by molar-refractivity contribution is 7.89. The molecule has 1 unspecified atom stereocenters. The van der Waals surface area contributed by atoms with Crippen LogP contribution in [0.2, 0.25) is 5.02 Å². The predicted octanol–water partition coefficient (Wildman–Crippen LogP) is 5.84. The number of aryl methyl sites for hydroxylation is 1. The summed E-state index contributed by atoms with van der Waals surface area (Å²) < 4.78 is 48.6. The first-order valence-corrected chi connectivity index (χ1v) is 13.5. The first-order chi connectivity index (χ1) is 16.8. The van der Waals surface area contributed by atoms with Crippen molar-refractivity contribution in [2.24, 2.45) is 0 Å². The fourth-order valence-corrected chi connectivity index (χ4v) is 6.63. The number of hydrogen-bond acceptors (Lipinski definition) is 4. The minimum atomic E-state index is -4.28. The van der Waals surface area contributed by atoms with Gasteiger partial charge in [0.25, 0.3) is 0 Å². The van der Waals surface area contributed by atoms with E-state index in [0.29, 0.717) is 34.8 Å². The van der Waals surface area contributed by atoms with Crippen molar-refractivity contribution < 1.29 is 27.4 Å². The zero-order valence-electron chi connectivity index (χ0n) is 19.8. The van der Waals surface area contributed by atoms with Gasteiger partial charge < -0.3 is 9.84 Å². The second kappa shape index (κ2) is 9.82. The molecule has 1 atom stereocenters. The quantitative estimate of drug-likeness (QED) is 0.435. The van der Waals surface area contributed by atoms with Gasteiger partial charge in [0, 0.05) is 11.6 Å². The molecule has 1 N–H and O–H groups in total. The van der Waals surface area contributed by atoms with E-state index in [1.165, 1.54) is 18.2 Å². The maximum atomic E-state index is 14.7. The lowest BCUT2D eigenvalue weighted by Crippen LogP contribution is -2.44. The molecule has 36 heavy (non-hydrogen) atoms. The van der Waals surface area contributed by atoms with Crippen molar-refractivity contribution in [2.75, 3.05) is 13.1 Å². The third-order valence-corrected chi connectivity index (χ3v) is 8.58. The molecular formula is C26H26Cl2FNO5S. The number of nitrogens with zero attached hydrogens (tertiary/aromatic N) is 1. The van der Waals surface area contributed by atoms with Crippen LogP contribution >= 0.6 is 23.2 Å². The van der Waals surface area contributed by atoms with Gasteiger partial charge in [0.05, 0.1) is 9.77 Å². The Morgan fingerprint density at radius 2 is 1.97 bits per heavy atom. The zero-order valence-corrected chi connectivity index (χ0v) is 22.1. The van der Waals surface area contributed by atoms with Crippen LogP contribution in [-0.2, 0) is 21.2 Å². The van der Waals surface area contributed by atoms with Crippen LogP contribution in [0.15, 0.2) is 65.3 Å². The van der Waals surface area contributed by atoms with Gasteiger partial charge in [-0.1, -0.05) is 23.7 Å². The van der Waals surface area contributed by atoms with Crippen LogP contribution in [0.25, 0.3) is 5.57 Å². The molecule has 2 aromatic rings. The number of benzene rings is 2. The average Bonchev–Trinajstić information content (AvgIpc) is 2.76. The lowest BCUT2D eigenvalue weighted by molar-refractivity contribution is -0.137. The predicted molar refractivity (Wildman–Crippen MR) is 138 cm³/mol. The molecule has 0 amide bonds. The Morgan fingerprint density at radius 3 is 2.67 bits per heavy atom. The number of carboxylic acid groups (broad SMARTS) is 1. The molecule has 4 rings (SSSR count). The summed E-state index contributed by atoms with van der Waals surface area (Å²) in [6, 6.07) is 11.3. The molecule has 0 bridgehead atoms. The second-order valence-electron chi connectivity index (χ2n) is 9.72. The van der Waals surface area contributed by atoms with Gasteiger partial charge in [0.2, 0.25) is 10.0 Å². The van der Waals surface area contributed by atoms with Gasteiger partial charge in [-0.2, -0.15) is 4.31 Å². The van der Waals surface area contributed by atoms with Gasteiger partial charge in [-0.25, -0.2) is 12.8 Å². The zero-order chi connectivity index (χ0) is 26.3. The fraction of sp³-hybridized carbons (Fsp3) is 0.346. The molecule has 1 heterocycles. The SMILES string of the molecule is CC1(C)CCc2cc(S(=O)(=O)N(CC(=O)O)CC3(Cl)C=C(F)C=C(c4cccc(Cl)c4)C3)ccc2O1. The van der Waals surface area contributed by atoms with Gasteiger partial charge >= 0.3 is 5.97 Å². The number of aliphatic carboxylic acids is 1. The molecule has 0 radical (unpaired) electrons. The first-order valence-electron chi connectivity index (χ1n) is 11.3. The molecule has 2 aliphatic rings. The number of sulfonamides is 1. The number of hydrogen-bond donors (Lipinski definition) is 1. The number of halogens is 3. The molecule has 192 valence electrons. The molecule has 0 saturated heterocycles. The Balaban J connectivity index is 1.65. The minimum Gasteiger partial charge on any atom is -0.488 e. The molecule has 2 aromatic carbocycles. The van der Waals surface area contributed by atoms with Crippen molar-refractivity contribution in [1.29, 1.82) is 0 Å². The summed E-state index contributed by atoms with van der Waals surface area (Å²) in [5.41, 5.74) is 1.52. The second-order valence-corrected chi connectivity index (χ2v) is 12.8. The smallest absolute Gasteiger partial charge is 0.318 e. The Hall–Kier alpha value is -2.39. The van der Waals surface area contributed by atoms with Crippen LogP contribution in [-0.4, -0.2) is 47.4 Å². The molecule has 1 aliphatic heterocycles. The van der Waals surface area contributed by atoms with Crippen molar-refractivity contribution in [2.45, 2.75) is 48.5 Å². The lowest BCUT2D eigenvalue weighted by Gasteiger charge is -2.34. The monoisotopic (exact) mass is 553 g/mol. The summed E-state index contributed by atoms with van der Waals surface area (Å²) in [5, 5.41) is 9.94. The van der Waals surface area contributed by atoms with E-state index in [2.05, 4.69) is 0 Å². The topological polar surface area (TPSA) is 83.9 Å². The van der Waals surface area contributed by atoms with Crippen LogP contribution in [0.4, 0.5) is 4.39 Å². The molecule has 1 aliphatic carbocycles. The molecule has 6 nitrogen and oxygen atoms in total. The Bertz CT molecular complexity index is 1370. The van der Waals surface area contributed by atoms with Crippen molar-refractivity contribution in [3.63, 3.8) is 0 Å². The van der Waals surface area contributed by atoms with E-state index < -0.39 is 39.8 Å². The first kappa shape index (κ1) is 26.7. The van der Waals surface area contributed by atoms with Crippen molar-refractivity contribution in [3.05, 3.63) is 76.6 Å². The number of ether oxygens (including phenoxy) is 1. The number of carboxylic acids is 1. The van der Waals surface area contributed by atoms with Gasteiger partial charge in [0.15, 0.2) is 0 Å². The van der Waals surface area contributed by atoms with Crippen LogP contribution < -0.4 is 4.74 Å². The van der Waals surface area contributed by atoms with E-state index in [-0.39, 0.29) is 16.9 Å². The van der Waals surface area contributed by atoms with E-state index >= 15 is 0 Å². The lowest BCUT2D eigenvalue weighted by atomic mass is 9.88. The van der Waals surface area contributed by atoms with Crippen molar-refractivity contribution in [1.82, 2.24) is 4.31 Å². The van der Waals surface area contributed by atoms with Gasteiger partial charge in [-0.15, -0.1) is 11.6 Å². The minimum absolute atomic E-state index is 0.0705. The maximum absolute atomic E-state index is 14.7. The molecule has 0 aromatic heterocycles. The molecule has 0 fully saturated rings. The van der Waals surface area contributed by atoms with Gasteiger partial charge in [0.1, 0.15) is 23.7 Å². The van der Waals surface area contributed by atoms with E-state index in [1.807, 2.05) is 13.8 Å². The molecule has 10 heteroatoms. The van der Waals surface area contributed by atoms with Crippen LogP contribution in [0.1, 0.15) is 37.8 Å². The Labute approximate surface area is 220 Å².